The molecule has 2 aromatic rings. The molecule has 0 amide bonds. The van der Waals surface area contributed by atoms with E-state index in [0.29, 0.717) is 6.61 Å². The van der Waals surface area contributed by atoms with E-state index in [1.54, 1.807) is 0 Å². The highest BCUT2D eigenvalue weighted by Crippen LogP contribution is 2.30. The number of anilines is 1. The second-order valence-corrected chi connectivity index (χ2v) is 5.40. The lowest BCUT2D eigenvalue weighted by molar-refractivity contribution is -0.0461. The van der Waals surface area contributed by atoms with Crippen molar-refractivity contribution >= 4 is 16.5 Å². The fourth-order valence-corrected chi connectivity index (χ4v) is 2.77. The molecular formula is C17H22N2O2. The Morgan fingerprint density at radius 1 is 1.24 bits per heavy atom. The van der Waals surface area contributed by atoms with Crippen molar-refractivity contribution in [1.29, 1.82) is 0 Å². The molecule has 1 unspecified atom stereocenters. The number of benzene rings is 2. The standard InChI is InChI=1S/C17H22N2O2/c1-2-19-9-10-20-13(11-19)12-21-17-8-7-16(18)14-5-3-4-6-15(14)17/h3-8,13H,2,9-12,18H2,1H3. The molecule has 1 saturated heterocycles. The Labute approximate surface area is 125 Å². The van der Waals surface area contributed by atoms with Crippen molar-refractivity contribution in [3.8, 4) is 5.75 Å². The van der Waals surface area contributed by atoms with Crippen LogP contribution in [0.5, 0.6) is 5.75 Å². The quantitative estimate of drug-likeness (QED) is 0.877. The van der Waals surface area contributed by atoms with Crippen molar-refractivity contribution < 1.29 is 9.47 Å². The number of nitrogen functional groups attached to an aromatic ring is 1. The number of morpholine rings is 1. The molecule has 0 radical (unpaired) electrons. The van der Waals surface area contributed by atoms with Crippen molar-refractivity contribution in [3.05, 3.63) is 36.4 Å². The number of nitrogens with two attached hydrogens (primary N) is 1. The predicted molar refractivity (Wildman–Crippen MR) is 85.7 cm³/mol. The molecule has 4 nitrogen and oxygen atoms in total. The average molecular weight is 286 g/mol. The molecule has 4 heteroatoms. The topological polar surface area (TPSA) is 47.7 Å². The van der Waals surface area contributed by atoms with Gasteiger partial charge in [-0.15, -0.1) is 0 Å². The lowest BCUT2D eigenvalue weighted by atomic mass is 10.1. The third-order valence-corrected chi connectivity index (χ3v) is 4.01. The van der Waals surface area contributed by atoms with Crippen molar-refractivity contribution in [2.24, 2.45) is 0 Å². The van der Waals surface area contributed by atoms with Crippen molar-refractivity contribution in [2.45, 2.75) is 13.0 Å². The van der Waals surface area contributed by atoms with Gasteiger partial charge in [-0.25, -0.2) is 0 Å². The first kappa shape index (κ1) is 14.2. The summed E-state index contributed by atoms with van der Waals surface area (Å²) in [6.45, 7) is 6.54. The van der Waals surface area contributed by atoms with E-state index >= 15 is 0 Å². The highest BCUT2D eigenvalue weighted by Gasteiger charge is 2.20. The molecule has 0 aromatic heterocycles. The minimum absolute atomic E-state index is 0.134. The summed E-state index contributed by atoms with van der Waals surface area (Å²) in [5.74, 6) is 0.872. The summed E-state index contributed by atoms with van der Waals surface area (Å²) in [6, 6.07) is 11.9. The van der Waals surface area contributed by atoms with Crippen LogP contribution in [0.2, 0.25) is 0 Å². The molecule has 3 rings (SSSR count). The van der Waals surface area contributed by atoms with Crippen LogP contribution >= 0.6 is 0 Å². The Balaban J connectivity index is 1.72. The van der Waals surface area contributed by atoms with E-state index in [9.17, 15) is 0 Å². The first-order chi connectivity index (χ1) is 10.3. The second-order valence-electron chi connectivity index (χ2n) is 5.40. The molecule has 0 bridgehead atoms. The van der Waals surface area contributed by atoms with E-state index in [4.69, 9.17) is 15.2 Å². The normalized spacial score (nSPS) is 19.8. The number of fused-ring (bicyclic) bond motifs is 1. The highest BCUT2D eigenvalue weighted by atomic mass is 16.5. The third-order valence-electron chi connectivity index (χ3n) is 4.01. The molecule has 1 atom stereocenters. The molecule has 2 N–H and O–H groups in total. The van der Waals surface area contributed by atoms with Gasteiger partial charge in [-0.05, 0) is 18.7 Å². The van der Waals surface area contributed by atoms with E-state index < -0.39 is 0 Å². The fourth-order valence-electron chi connectivity index (χ4n) is 2.77. The van der Waals surface area contributed by atoms with E-state index in [2.05, 4.69) is 11.8 Å². The third kappa shape index (κ3) is 3.12. The number of ether oxygens (including phenoxy) is 2. The maximum Gasteiger partial charge on any atom is 0.127 e. The van der Waals surface area contributed by atoms with Gasteiger partial charge in [0.15, 0.2) is 0 Å². The van der Waals surface area contributed by atoms with Crippen molar-refractivity contribution in [2.75, 3.05) is 38.6 Å². The smallest absolute Gasteiger partial charge is 0.127 e. The summed E-state index contributed by atoms with van der Waals surface area (Å²) in [4.78, 5) is 2.39. The zero-order valence-electron chi connectivity index (χ0n) is 12.4. The van der Waals surface area contributed by atoms with Crippen molar-refractivity contribution in [3.63, 3.8) is 0 Å². The van der Waals surface area contributed by atoms with Gasteiger partial charge in [0.2, 0.25) is 0 Å². The van der Waals surface area contributed by atoms with Gasteiger partial charge < -0.3 is 15.2 Å². The molecule has 0 aliphatic carbocycles. The maximum atomic E-state index is 6.01. The van der Waals surface area contributed by atoms with Crippen LogP contribution in [0.25, 0.3) is 10.8 Å². The largest absolute Gasteiger partial charge is 0.490 e. The predicted octanol–water partition coefficient (Wildman–Crippen LogP) is 2.52. The van der Waals surface area contributed by atoms with Gasteiger partial charge in [-0.3, -0.25) is 4.90 Å². The summed E-state index contributed by atoms with van der Waals surface area (Å²) in [5, 5.41) is 2.09. The maximum absolute atomic E-state index is 6.01. The number of nitrogens with zero attached hydrogens (tertiary/aromatic N) is 1. The van der Waals surface area contributed by atoms with E-state index in [0.717, 1.165) is 48.5 Å². The molecule has 1 aliphatic rings. The van der Waals surface area contributed by atoms with Crippen LogP contribution in [0.4, 0.5) is 5.69 Å². The van der Waals surface area contributed by atoms with Gasteiger partial charge in [0.05, 0.1) is 6.61 Å². The molecular weight excluding hydrogens is 264 g/mol. The Morgan fingerprint density at radius 3 is 2.86 bits per heavy atom. The summed E-state index contributed by atoms with van der Waals surface area (Å²) < 4.78 is 11.8. The first-order valence-corrected chi connectivity index (χ1v) is 7.52. The number of likely N-dealkylation sites (N-methyl/N-ethyl adjacent to an activating group) is 1. The minimum Gasteiger partial charge on any atom is -0.490 e. The van der Waals surface area contributed by atoms with E-state index in [1.165, 1.54) is 0 Å². The summed E-state index contributed by atoms with van der Waals surface area (Å²) in [5.41, 5.74) is 6.79. The number of hydrogen-bond acceptors (Lipinski definition) is 4. The van der Waals surface area contributed by atoms with Crippen LogP contribution < -0.4 is 10.5 Å². The van der Waals surface area contributed by atoms with E-state index in [1.807, 2.05) is 36.4 Å². The molecule has 1 aliphatic heterocycles. The van der Waals surface area contributed by atoms with E-state index in [-0.39, 0.29) is 6.10 Å². The molecule has 0 spiro atoms. The molecule has 1 fully saturated rings. The molecule has 112 valence electrons. The van der Waals surface area contributed by atoms with Gasteiger partial charge in [-0.1, -0.05) is 31.2 Å². The van der Waals surface area contributed by atoms with Crippen LogP contribution in [-0.2, 0) is 4.74 Å². The summed E-state index contributed by atoms with van der Waals surface area (Å²) >= 11 is 0. The highest BCUT2D eigenvalue weighted by molar-refractivity contribution is 5.96. The number of rotatable bonds is 4. The number of hydrogen-bond donors (Lipinski definition) is 1. The summed E-state index contributed by atoms with van der Waals surface area (Å²) in [6.07, 6.45) is 0.134. The monoisotopic (exact) mass is 286 g/mol. The second kappa shape index (κ2) is 6.33. The fraction of sp³-hybridized carbons (Fsp3) is 0.412. The zero-order chi connectivity index (χ0) is 14.7. The first-order valence-electron chi connectivity index (χ1n) is 7.52. The zero-order valence-corrected chi connectivity index (χ0v) is 12.4. The van der Waals surface area contributed by atoms with Gasteiger partial charge in [-0.2, -0.15) is 0 Å². The molecule has 1 heterocycles. The van der Waals surface area contributed by atoms with Gasteiger partial charge in [0, 0.05) is 29.5 Å². The minimum atomic E-state index is 0.134. The Bertz CT molecular complexity index is 615. The van der Waals surface area contributed by atoms with Crippen LogP contribution in [0.3, 0.4) is 0 Å². The van der Waals surface area contributed by atoms with Crippen LogP contribution in [0, 0.1) is 0 Å². The van der Waals surface area contributed by atoms with Crippen LogP contribution in [-0.4, -0.2) is 43.9 Å². The van der Waals surface area contributed by atoms with Gasteiger partial charge in [0.1, 0.15) is 18.5 Å². The Kier molecular flexibility index (Phi) is 4.27. The SMILES string of the molecule is CCN1CCOC(COc2ccc(N)c3ccccc23)C1. The average Bonchev–Trinajstić information content (AvgIpc) is 2.55. The van der Waals surface area contributed by atoms with Crippen molar-refractivity contribution in [1.82, 2.24) is 4.90 Å². The van der Waals surface area contributed by atoms with Gasteiger partial charge >= 0.3 is 0 Å². The van der Waals surface area contributed by atoms with Crippen LogP contribution in [0.15, 0.2) is 36.4 Å². The van der Waals surface area contributed by atoms with Crippen LogP contribution in [0.1, 0.15) is 6.92 Å². The summed E-state index contributed by atoms with van der Waals surface area (Å²) in [7, 11) is 0. The lowest BCUT2D eigenvalue weighted by Gasteiger charge is -2.31. The van der Waals surface area contributed by atoms with Gasteiger partial charge in [0.25, 0.3) is 0 Å². The Hall–Kier alpha value is -1.78. The Morgan fingerprint density at radius 2 is 2.05 bits per heavy atom. The lowest BCUT2D eigenvalue weighted by Crippen LogP contribution is -2.44. The molecule has 21 heavy (non-hydrogen) atoms. The molecule has 0 saturated carbocycles. The molecule has 2 aromatic carbocycles.